The Labute approximate surface area is 676 Å². The fourth-order valence-electron chi connectivity index (χ4n) is 11.6. The SMILES string of the molecule is Cc1cc(C)n(-c2[c-]cc(-c3ccc(-c4ccccc4)cc3)cc2)n1.Cc1cc(C)n(-c2[c-]cccc2)n1.[Rh+2].[Rh+2].[Rh+2].[c-]1cc(-c2ccc(-c3ccccc3)cc2)ccc1-n1cccn1.[c-]1cc(-c2ccc(-c3ccccc3)cc2)ccc1-n1cccn1.[c-]1ccccc1-n1cccn1.[c-]1ccccc1-n1cccn1. The Balaban J connectivity index is 0.000000143. The van der Waals surface area contributed by atoms with Crippen molar-refractivity contribution in [3.05, 3.63) is 436 Å². The van der Waals surface area contributed by atoms with Gasteiger partial charge in [-0.25, -0.2) is 0 Å². The molecule has 0 atom stereocenters. The predicted octanol–water partition coefficient (Wildman–Crippen LogP) is 21.3. The van der Waals surface area contributed by atoms with Crippen LogP contribution in [0.25, 0.3) is 101 Å². The molecule has 0 unspecified atom stereocenters. The molecular formula is C94H74N12Rh3. The average molecular weight is 1680 g/mol. The molecule has 0 aliphatic carbocycles. The third-order valence-corrected chi connectivity index (χ3v) is 16.9. The number of rotatable bonds is 12. The van der Waals surface area contributed by atoms with E-state index in [1.807, 2.05) is 210 Å². The molecular weight excluding hydrogens is 1610 g/mol. The van der Waals surface area contributed by atoms with Gasteiger partial charge in [0.05, 0.1) is 11.4 Å². The molecule has 12 nitrogen and oxygen atoms in total. The summed E-state index contributed by atoms with van der Waals surface area (Å²) in [5.74, 6) is 0. The Morgan fingerprint density at radius 1 is 0.220 bits per heavy atom. The van der Waals surface area contributed by atoms with Crippen molar-refractivity contribution in [3.8, 4) is 101 Å². The standard InChI is InChI=1S/C23H19N2.2C21H15N2.C11H11N2.2C9H7N2.3Rh/c1-17-16-18(2)25(24-17)23-14-12-22(13-15-23)21-10-8-20(9-11-21)19-6-4-3-5-7-19;2*1-2-5-17(6-3-1)18-7-9-19(10-8-18)20-11-13-21(14-12-20)23-16-4-15-22-23;1-9-8-10(2)13(12-9)11-6-4-3-5-7-11;2*1-2-5-9(6-3-1)11-8-4-7-10-11;;;/h3-14,16H,1-2H3;2*1-13,15-16H;3-6,8H,1-2H3;2*1-5,7-8H;;;/q6*-1;3*+2. The third kappa shape index (κ3) is 22.0. The van der Waals surface area contributed by atoms with E-state index in [2.05, 4.69) is 256 Å². The first-order valence-electron chi connectivity index (χ1n) is 34.7. The smallest absolute Gasteiger partial charge is 0.266 e. The van der Waals surface area contributed by atoms with Gasteiger partial charge in [-0.15, -0.1) is 53.1 Å². The first-order valence-corrected chi connectivity index (χ1v) is 34.7. The molecule has 0 N–H and O–H groups in total. The van der Waals surface area contributed by atoms with Crippen molar-refractivity contribution in [1.29, 1.82) is 0 Å². The number of nitrogens with zero attached hydrogens (tertiary/aromatic N) is 12. The van der Waals surface area contributed by atoms with Crippen molar-refractivity contribution in [3.63, 3.8) is 0 Å². The van der Waals surface area contributed by atoms with Crippen molar-refractivity contribution in [2.75, 3.05) is 0 Å². The monoisotopic (exact) mass is 1680 g/mol. The summed E-state index contributed by atoms with van der Waals surface area (Å²) in [6.07, 6.45) is 14.7. The minimum atomic E-state index is 0. The van der Waals surface area contributed by atoms with Crippen LogP contribution in [0.1, 0.15) is 22.8 Å². The molecule has 0 bridgehead atoms. The maximum atomic E-state index is 4.51. The van der Waals surface area contributed by atoms with E-state index in [4.69, 9.17) is 0 Å². The van der Waals surface area contributed by atoms with E-state index in [-0.39, 0.29) is 58.4 Å². The molecule has 0 saturated heterocycles. The van der Waals surface area contributed by atoms with Gasteiger partial charge in [-0.2, -0.15) is 158 Å². The first kappa shape index (κ1) is 79.3. The number of hydrogen-bond donors (Lipinski definition) is 0. The van der Waals surface area contributed by atoms with Crippen molar-refractivity contribution < 1.29 is 58.4 Å². The average Bonchev–Trinajstić information content (AvgIpc) is 1.69. The van der Waals surface area contributed by atoms with Crippen molar-refractivity contribution in [2.45, 2.75) is 27.7 Å². The van der Waals surface area contributed by atoms with Crippen LogP contribution in [0.2, 0.25) is 0 Å². The second-order valence-electron chi connectivity index (χ2n) is 24.4. The number of benzene rings is 12. The summed E-state index contributed by atoms with van der Waals surface area (Å²) in [5, 5.41) is 25.5. The van der Waals surface area contributed by atoms with E-state index in [0.29, 0.717) is 0 Å². The van der Waals surface area contributed by atoms with Crippen molar-refractivity contribution >= 4 is 0 Å². The summed E-state index contributed by atoms with van der Waals surface area (Å²) in [4.78, 5) is 0. The first-order chi connectivity index (χ1) is 52.2. The van der Waals surface area contributed by atoms with Crippen molar-refractivity contribution in [1.82, 2.24) is 58.7 Å². The van der Waals surface area contributed by atoms with Gasteiger partial charge in [-0.3, -0.25) is 28.1 Å². The van der Waals surface area contributed by atoms with Gasteiger partial charge in [0.1, 0.15) is 0 Å². The quantitative estimate of drug-likeness (QED) is 0.0891. The minimum Gasteiger partial charge on any atom is -0.266 e. The van der Waals surface area contributed by atoms with Crippen LogP contribution in [-0.2, 0) is 58.4 Å². The molecule has 18 rings (SSSR count). The maximum Gasteiger partial charge on any atom is 2.00 e. The van der Waals surface area contributed by atoms with Gasteiger partial charge in [0.25, 0.3) is 0 Å². The van der Waals surface area contributed by atoms with Crippen LogP contribution in [0.5, 0.6) is 0 Å². The second-order valence-corrected chi connectivity index (χ2v) is 24.4. The number of hydrogen-bond acceptors (Lipinski definition) is 6. The van der Waals surface area contributed by atoms with Crippen LogP contribution in [0.4, 0.5) is 0 Å². The summed E-state index contributed by atoms with van der Waals surface area (Å²) < 4.78 is 11.0. The Morgan fingerprint density at radius 2 is 0.450 bits per heavy atom. The zero-order chi connectivity index (χ0) is 72.5. The van der Waals surface area contributed by atoms with Crippen molar-refractivity contribution in [2.24, 2.45) is 0 Å². The second kappa shape index (κ2) is 40.5. The normalized spacial score (nSPS) is 10.2. The molecule has 109 heavy (non-hydrogen) atoms. The Bertz CT molecular complexity index is 5290. The van der Waals surface area contributed by atoms with E-state index in [9.17, 15) is 0 Å². The molecule has 0 aliphatic rings. The van der Waals surface area contributed by atoms with Gasteiger partial charge in [0.15, 0.2) is 0 Å². The third-order valence-electron chi connectivity index (χ3n) is 16.9. The molecule has 6 heterocycles. The molecule has 12 aromatic carbocycles. The summed E-state index contributed by atoms with van der Waals surface area (Å²) in [7, 11) is 0. The summed E-state index contributed by atoms with van der Waals surface area (Å²) in [6.45, 7) is 8.10. The van der Waals surface area contributed by atoms with Crippen LogP contribution in [0, 0.1) is 64.1 Å². The van der Waals surface area contributed by atoms with Gasteiger partial charge in [0, 0.05) is 61.0 Å². The molecule has 0 spiro atoms. The van der Waals surface area contributed by atoms with Gasteiger partial charge in [-0.1, -0.05) is 180 Å². The molecule has 15 heteroatoms. The van der Waals surface area contributed by atoms with E-state index >= 15 is 0 Å². The molecule has 0 saturated carbocycles. The fourth-order valence-corrected chi connectivity index (χ4v) is 11.6. The summed E-state index contributed by atoms with van der Waals surface area (Å²) in [5.41, 5.74) is 24.5. The van der Waals surface area contributed by atoms with Crippen LogP contribution in [0.3, 0.4) is 0 Å². The van der Waals surface area contributed by atoms with E-state index < -0.39 is 0 Å². The maximum absolute atomic E-state index is 4.51. The zero-order valence-corrected chi connectivity index (χ0v) is 65.1. The van der Waals surface area contributed by atoms with Crippen LogP contribution in [0.15, 0.2) is 377 Å². The van der Waals surface area contributed by atoms with Crippen LogP contribution in [-0.4, -0.2) is 58.7 Å². The Kier molecular flexibility index (Phi) is 29.5. The molecule has 537 valence electrons. The molecule has 0 aliphatic heterocycles. The fraction of sp³-hybridized carbons (Fsp3) is 0.0426. The van der Waals surface area contributed by atoms with Gasteiger partial charge in [-0.05, 0) is 132 Å². The van der Waals surface area contributed by atoms with Crippen LogP contribution >= 0.6 is 0 Å². The predicted molar refractivity (Wildman–Crippen MR) is 426 cm³/mol. The molecule has 18 aromatic rings. The topological polar surface area (TPSA) is 107 Å². The summed E-state index contributed by atoms with van der Waals surface area (Å²) >= 11 is 0. The van der Waals surface area contributed by atoms with Crippen LogP contribution < -0.4 is 0 Å². The zero-order valence-electron chi connectivity index (χ0n) is 60.2. The van der Waals surface area contributed by atoms with E-state index in [1.54, 1.807) is 34.2 Å². The molecule has 3 radical (unpaired) electrons. The molecule has 0 fully saturated rings. The van der Waals surface area contributed by atoms with Gasteiger partial charge >= 0.3 is 58.4 Å². The minimum absolute atomic E-state index is 0. The van der Waals surface area contributed by atoms with Gasteiger partial charge in [0.2, 0.25) is 0 Å². The number of aromatic nitrogens is 12. The molecule has 0 amide bonds. The largest absolute Gasteiger partial charge is 2.00 e. The summed E-state index contributed by atoms with van der Waals surface area (Å²) in [6, 6.07) is 130. The Morgan fingerprint density at radius 3 is 0.679 bits per heavy atom. The number of para-hydroxylation sites is 3. The van der Waals surface area contributed by atoms with E-state index in [1.165, 1.54) is 50.1 Å². The number of aryl methyl sites for hydroxylation is 4. The Hall–Kier alpha value is -12.2. The molecule has 6 aromatic heterocycles. The van der Waals surface area contributed by atoms with E-state index in [0.717, 1.165) is 73.6 Å². The van der Waals surface area contributed by atoms with Gasteiger partial charge < -0.3 is 0 Å².